The van der Waals surface area contributed by atoms with Crippen LogP contribution in [0.25, 0.3) is 0 Å². The van der Waals surface area contributed by atoms with Crippen molar-refractivity contribution in [1.82, 2.24) is 10.2 Å². The third kappa shape index (κ3) is 4.94. The maximum Gasteiger partial charge on any atom is 0.226 e. The summed E-state index contributed by atoms with van der Waals surface area (Å²) in [5.74, 6) is -0.0783. The van der Waals surface area contributed by atoms with Crippen LogP contribution in [0.4, 0.5) is 0 Å². The third-order valence-corrected chi connectivity index (χ3v) is 3.17. The Morgan fingerprint density at radius 2 is 1.56 bits per heavy atom. The molecular weight excluding hydrogens is 228 g/mol. The number of hydrogen-bond acceptors (Lipinski definition) is 3. The zero-order chi connectivity index (χ0) is 14.5. The molecule has 0 heterocycles. The normalized spacial score (nSPS) is 15.6. The molecule has 0 aromatic rings. The molecule has 18 heavy (non-hydrogen) atoms. The van der Waals surface area contributed by atoms with E-state index in [1.54, 1.807) is 7.05 Å². The van der Waals surface area contributed by atoms with Gasteiger partial charge in [0.25, 0.3) is 0 Å². The number of aliphatic hydroxyl groups excluding tert-OH is 1. The number of hydrogen-bond donors (Lipinski definition) is 2. The molecule has 0 aliphatic heterocycles. The molecule has 108 valence electrons. The highest BCUT2D eigenvalue weighted by atomic mass is 16.3. The van der Waals surface area contributed by atoms with Crippen LogP contribution >= 0.6 is 0 Å². The largest absolute Gasteiger partial charge is 0.378 e. The Bertz CT molecular complexity index is 244. The van der Waals surface area contributed by atoms with Gasteiger partial charge in [-0.2, -0.15) is 0 Å². The van der Waals surface area contributed by atoms with Gasteiger partial charge in [-0.1, -0.05) is 13.8 Å². The van der Waals surface area contributed by atoms with Gasteiger partial charge >= 0.3 is 0 Å². The fraction of sp³-hybridized carbons (Fsp3) is 0.929. The first-order chi connectivity index (χ1) is 8.22. The lowest BCUT2D eigenvalue weighted by Gasteiger charge is -2.38. The number of nitrogens with one attached hydrogen (secondary N) is 1. The lowest BCUT2D eigenvalue weighted by Crippen LogP contribution is -2.52. The Kier molecular flexibility index (Phi) is 7.48. The second kappa shape index (κ2) is 7.74. The summed E-state index contributed by atoms with van der Waals surface area (Å²) in [6.45, 7) is 12.3. The van der Waals surface area contributed by atoms with Crippen molar-refractivity contribution in [3.63, 3.8) is 0 Å². The van der Waals surface area contributed by atoms with E-state index >= 15 is 0 Å². The quantitative estimate of drug-likeness (QED) is 0.685. The monoisotopic (exact) mass is 258 g/mol. The summed E-state index contributed by atoms with van der Waals surface area (Å²) in [7, 11) is 1.62. The van der Waals surface area contributed by atoms with Crippen molar-refractivity contribution >= 4 is 5.91 Å². The first kappa shape index (κ1) is 17.4. The van der Waals surface area contributed by atoms with E-state index in [2.05, 4.69) is 19.2 Å². The summed E-state index contributed by atoms with van der Waals surface area (Å²) < 4.78 is 0. The molecule has 2 N–H and O–H groups in total. The maximum absolute atomic E-state index is 11.9. The van der Waals surface area contributed by atoms with E-state index in [0.717, 1.165) is 0 Å². The molecule has 0 saturated carbocycles. The van der Waals surface area contributed by atoms with E-state index in [0.29, 0.717) is 12.3 Å². The highest BCUT2D eigenvalue weighted by Crippen LogP contribution is 2.22. The van der Waals surface area contributed by atoms with Gasteiger partial charge in [-0.25, -0.2) is 0 Å². The van der Waals surface area contributed by atoms with Crippen molar-refractivity contribution in [3.8, 4) is 0 Å². The highest BCUT2D eigenvalue weighted by molar-refractivity contribution is 5.78. The van der Waals surface area contributed by atoms with Crippen molar-refractivity contribution < 1.29 is 9.90 Å². The Hall–Kier alpha value is -0.610. The number of aliphatic hydroxyl groups is 1. The minimum absolute atomic E-state index is 0.0810. The number of rotatable bonds is 7. The summed E-state index contributed by atoms with van der Waals surface area (Å²) in [5, 5.41) is 13.2. The van der Waals surface area contributed by atoms with Crippen LogP contribution in [0.1, 0.15) is 48.0 Å². The van der Waals surface area contributed by atoms with Crippen molar-refractivity contribution in [2.45, 2.75) is 66.3 Å². The van der Waals surface area contributed by atoms with Crippen LogP contribution in [0.2, 0.25) is 0 Å². The van der Waals surface area contributed by atoms with Gasteiger partial charge in [-0.15, -0.1) is 0 Å². The molecule has 0 aromatic heterocycles. The van der Waals surface area contributed by atoms with Gasteiger partial charge in [0.1, 0.15) is 6.23 Å². The van der Waals surface area contributed by atoms with Gasteiger partial charge in [-0.05, 0) is 40.0 Å². The van der Waals surface area contributed by atoms with E-state index in [9.17, 15) is 9.90 Å². The molecule has 0 spiro atoms. The SMILES string of the molecule is CNC(=O)C(CC(C)C)C(O)N(C(C)C)C(C)C. The van der Waals surface area contributed by atoms with Crippen LogP contribution in [0.3, 0.4) is 0 Å². The number of carbonyl (C=O) groups is 1. The van der Waals surface area contributed by atoms with E-state index in [1.165, 1.54) is 0 Å². The lowest BCUT2D eigenvalue weighted by atomic mass is 9.93. The Labute approximate surface area is 112 Å². The average molecular weight is 258 g/mol. The Morgan fingerprint density at radius 3 is 1.83 bits per heavy atom. The van der Waals surface area contributed by atoms with E-state index in [1.807, 2.05) is 32.6 Å². The second-order valence-corrected chi connectivity index (χ2v) is 5.90. The van der Waals surface area contributed by atoms with E-state index < -0.39 is 6.23 Å². The number of amides is 1. The van der Waals surface area contributed by atoms with Gasteiger partial charge < -0.3 is 10.4 Å². The summed E-state index contributed by atoms with van der Waals surface area (Å²) in [6, 6.07) is 0.415. The summed E-state index contributed by atoms with van der Waals surface area (Å²) in [4.78, 5) is 13.9. The predicted octanol–water partition coefficient (Wildman–Crippen LogP) is 1.83. The molecule has 0 rings (SSSR count). The van der Waals surface area contributed by atoms with Crippen LogP contribution in [-0.4, -0.2) is 41.3 Å². The van der Waals surface area contributed by atoms with Crippen LogP contribution < -0.4 is 5.32 Å². The molecule has 1 amide bonds. The molecule has 0 aromatic carbocycles. The zero-order valence-corrected chi connectivity index (χ0v) is 12.9. The van der Waals surface area contributed by atoms with Gasteiger partial charge in [0, 0.05) is 19.1 Å². The molecule has 0 bridgehead atoms. The number of carbonyl (C=O) groups excluding carboxylic acids is 1. The molecule has 4 nitrogen and oxygen atoms in total. The van der Waals surface area contributed by atoms with Crippen LogP contribution in [0, 0.1) is 11.8 Å². The van der Waals surface area contributed by atoms with Gasteiger partial charge in [0.05, 0.1) is 5.92 Å². The Balaban J connectivity index is 5.02. The van der Waals surface area contributed by atoms with Crippen LogP contribution in [0.15, 0.2) is 0 Å². The van der Waals surface area contributed by atoms with Crippen molar-refractivity contribution in [3.05, 3.63) is 0 Å². The molecule has 0 radical (unpaired) electrons. The minimum Gasteiger partial charge on any atom is -0.378 e. The molecule has 0 fully saturated rings. The lowest BCUT2D eigenvalue weighted by molar-refractivity contribution is -0.139. The summed E-state index contributed by atoms with van der Waals surface area (Å²) in [5.41, 5.74) is 0. The van der Waals surface area contributed by atoms with Gasteiger partial charge in [-0.3, -0.25) is 9.69 Å². The third-order valence-electron chi connectivity index (χ3n) is 3.17. The van der Waals surface area contributed by atoms with E-state index in [4.69, 9.17) is 0 Å². The first-order valence-corrected chi connectivity index (χ1v) is 6.89. The second-order valence-electron chi connectivity index (χ2n) is 5.90. The first-order valence-electron chi connectivity index (χ1n) is 6.89. The fourth-order valence-electron chi connectivity index (χ4n) is 2.47. The number of nitrogens with zero attached hydrogens (tertiary/aromatic N) is 1. The topological polar surface area (TPSA) is 52.6 Å². The average Bonchev–Trinajstić information content (AvgIpc) is 2.23. The smallest absolute Gasteiger partial charge is 0.226 e. The zero-order valence-electron chi connectivity index (χ0n) is 12.9. The van der Waals surface area contributed by atoms with Gasteiger partial charge in [0.15, 0.2) is 0 Å². The van der Waals surface area contributed by atoms with E-state index in [-0.39, 0.29) is 23.9 Å². The molecule has 2 unspecified atom stereocenters. The fourth-order valence-corrected chi connectivity index (χ4v) is 2.47. The molecule has 4 heteroatoms. The molecule has 0 saturated heterocycles. The van der Waals surface area contributed by atoms with Crippen LogP contribution in [-0.2, 0) is 4.79 Å². The summed E-state index contributed by atoms with van der Waals surface area (Å²) >= 11 is 0. The van der Waals surface area contributed by atoms with Crippen molar-refractivity contribution in [2.24, 2.45) is 11.8 Å². The van der Waals surface area contributed by atoms with Crippen molar-refractivity contribution in [2.75, 3.05) is 7.05 Å². The summed E-state index contributed by atoms with van der Waals surface area (Å²) in [6.07, 6.45) is -0.0381. The highest BCUT2D eigenvalue weighted by Gasteiger charge is 2.33. The van der Waals surface area contributed by atoms with Gasteiger partial charge in [0.2, 0.25) is 5.91 Å². The molecule has 0 aliphatic carbocycles. The Morgan fingerprint density at radius 1 is 1.11 bits per heavy atom. The molecular formula is C14H30N2O2. The molecule has 2 atom stereocenters. The maximum atomic E-state index is 11.9. The van der Waals surface area contributed by atoms with Crippen LogP contribution in [0.5, 0.6) is 0 Å². The van der Waals surface area contributed by atoms with Crippen molar-refractivity contribution in [1.29, 1.82) is 0 Å². The molecule has 0 aliphatic rings. The predicted molar refractivity (Wildman–Crippen MR) is 75.1 cm³/mol. The minimum atomic E-state index is -0.729. The standard InChI is InChI=1S/C14H30N2O2/c1-9(2)8-12(13(17)15-7)14(18)16(10(3)4)11(5)6/h9-12,14,18H,8H2,1-7H3,(H,15,17).